The van der Waals surface area contributed by atoms with Gasteiger partial charge in [0.2, 0.25) is 5.88 Å². The van der Waals surface area contributed by atoms with Crippen LogP contribution in [0.2, 0.25) is 0 Å². The Hall–Kier alpha value is -1.86. The van der Waals surface area contributed by atoms with Crippen LogP contribution >= 0.6 is 0 Å². The van der Waals surface area contributed by atoms with Gasteiger partial charge in [0.05, 0.1) is 25.5 Å². The van der Waals surface area contributed by atoms with Crippen LogP contribution < -0.4 is 10.5 Å². The van der Waals surface area contributed by atoms with Gasteiger partial charge in [0, 0.05) is 7.11 Å². The lowest BCUT2D eigenvalue weighted by atomic mass is 10.3. The number of nitrogen functional groups attached to an aromatic ring is 1. The lowest BCUT2D eigenvalue weighted by Gasteiger charge is -2.08. The molecule has 0 amide bonds. The van der Waals surface area contributed by atoms with E-state index in [0.29, 0.717) is 19.8 Å². The highest BCUT2D eigenvalue weighted by molar-refractivity contribution is 5.86. The van der Waals surface area contributed by atoms with Crippen molar-refractivity contribution in [1.29, 1.82) is 0 Å². The molecule has 0 atom stereocenters. The molecule has 1 aromatic rings. The van der Waals surface area contributed by atoms with Crippen LogP contribution in [0, 0.1) is 0 Å². The number of hydrogen-bond acceptors (Lipinski definition) is 6. The molecule has 1 aromatic heterocycles. The van der Waals surface area contributed by atoms with Crippen LogP contribution in [0.25, 0.3) is 0 Å². The predicted molar refractivity (Wildman–Crippen MR) is 63.8 cm³/mol. The normalized spacial score (nSPS) is 10.3. The summed E-state index contributed by atoms with van der Waals surface area (Å²) in [4.78, 5) is 14.5. The zero-order chi connectivity index (χ0) is 13.4. The zero-order valence-corrected chi connectivity index (χ0v) is 10.1. The highest BCUT2D eigenvalue weighted by Gasteiger charge is 2.09. The van der Waals surface area contributed by atoms with Crippen LogP contribution in [0.15, 0.2) is 12.1 Å². The first-order valence-corrected chi connectivity index (χ1v) is 5.34. The molecule has 0 unspecified atom stereocenters. The number of aromatic carboxylic acids is 1. The molecule has 0 saturated heterocycles. The fourth-order valence-corrected chi connectivity index (χ4v) is 1.13. The van der Waals surface area contributed by atoms with Crippen molar-refractivity contribution in [3.8, 4) is 5.88 Å². The third-order valence-corrected chi connectivity index (χ3v) is 2.01. The minimum absolute atomic E-state index is 0.102. The van der Waals surface area contributed by atoms with E-state index in [1.165, 1.54) is 12.1 Å². The van der Waals surface area contributed by atoms with E-state index in [2.05, 4.69) is 4.98 Å². The number of hydrogen-bond donors (Lipinski definition) is 2. The number of pyridine rings is 1. The Morgan fingerprint density at radius 2 is 2.06 bits per heavy atom. The number of carbonyl (C=O) groups is 1. The third-order valence-electron chi connectivity index (χ3n) is 2.01. The summed E-state index contributed by atoms with van der Waals surface area (Å²) in [5.74, 6) is -1.03. The lowest BCUT2D eigenvalue weighted by molar-refractivity contribution is 0.0536. The van der Waals surface area contributed by atoms with E-state index in [-0.39, 0.29) is 23.9 Å². The summed E-state index contributed by atoms with van der Waals surface area (Å²) in [6, 6.07) is 2.76. The van der Waals surface area contributed by atoms with E-state index in [1.807, 2.05) is 0 Å². The van der Waals surface area contributed by atoms with Gasteiger partial charge in [-0.05, 0) is 12.1 Å². The number of nitrogens with zero attached hydrogens (tertiary/aromatic N) is 1. The summed E-state index contributed by atoms with van der Waals surface area (Å²) in [5.41, 5.74) is 5.79. The average molecular weight is 256 g/mol. The zero-order valence-electron chi connectivity index (χ0n) is 10.1. The number of aromatic nitrogens is 1. The molecule has 1 rings (SSSR count). The van der Waals surface area contributed by atoms with Gasteiger partial charge in [0.15, 0.2) is 5.69 Å². The molecule has 0 fully saturated rings. The second-order valence-electron chi connectivity index (χ2n) is 3.35. The van der Waals surface area contributed by atoms with Crippen molar-refractivity contribution in [2.45, 2.75) is 0 Å². The van der Waals surface area contributed by atoms with Gasteiger partial charge in [-0.3, -0.25) is 0 Å². The Labute approximate surface area is 104 Å². The fraction of sp³-hybridized carbons (Fsp3) is 0.455. The molecular weight excluding hydrogens is 240 g/mol. The predicted octanol–water partition coefficient (Wildman–Crippen LogP) is 0.404. The second kappa shape index (κ2) is 7.46. The molecule has 0 saturated carbocycles. The van der Waals surface area contributed by atoms with Crippen molar-refractivity contribution in [3.63, 3.8) is 0 Å². The number of nitrogens with two attached hydrogens (primary N) is 1. The van der Waals surface area contributed by atoms with E-state index < -0.39 is 5.97 Å². The van der Waals surface area contributed by atoms with Gasteiger partial charge >= 0.3 is 5.97 Å². The summed E-state index contributed by atoms with van der Waals surface area (Å²) in [7, 11) is 1.59. The maximum absolute atomic E-state index is 10.7. The standard InChI is InChI=1S/C11H16N2O5/c1-16-4-5-17-6-7-18-10-8(12)2-3-9(13-10)11(14)15/h2-3H,4-7,12H2,1H3,(H,14,15). The van der Waals surface area contributed by atoms with Crippen LogP contribution in [0.5, 0.6) is 5.88 Å². The second-order valence-corrected chi connectivity index (χ2v) is 3.35. The topological polar surface area (TPSA) is 104 Å². The Bertz CT molecular complexity index is 397. The summed E-state index contributed by atoms with van der Waals surface area (Å²) in [5, 5.41) is 8.77. The maximum atomic E-state index is 10.7. The minimum Gasteiger partial charge on any atom is -0.477 e. The van der Waals surface area contributed by atoms with Gasteiger partial charge in [-0.25, -0.2) is 9.78 Å². The SMILES string of the molecule is COCCOCCOc1nc(C(=O)O)ccc1N. The molecule has 0 spiro atoms. The van der Waals surface area contributed by atoms with Crippen LogP contribution in [-0.2, 0) is 9.47 Å². The molecule has 100 valence electrons. The molecule has 0 bridgehead atoms. The van der Waals surface area contributed by atoms with Crippen molar-refractivity contribution in [1.82, 2.24) is 4.98 Å². The minimum atomic E-state index is -1.13. The first-order chi connectivity index (χ1) is 8.65. The molecular formula is C11H16N2O5. The molecule has 18 heavy (non-hydrogen) atoms. The molecule has 0 aliphatic carbocycles. The van der Waals surface area contributed by atoms with Gasteiger partial charge in [0.1, 0.15) is 6.61 Å². The lowest BCUT2D eigenvalue weighted by Crippen LogP contribution is -2.12. The van der Waals surface area contributed by atoms with Crippen molar-refractivity contribution < 1.29 is 24.1 Å². The van der Waals surface area contributed by atoms with Crippen molar-refractivity contribution in [2.24, 2.45) is 0 Å². The summed E-state index contributed by atoms with van der Waals surface area (Å²) >= 11 is 0. The van der Waals surface area contributed by atoms with E-state index in [1.54, 1.807) is 7.11 Å². The number of rotatable bonds is 8. The van der Waals surface area contributed by atoms with Crippen LogP contribution in [0.1, 0.15) is 10.5 Å². The number of ether oxygens (including phenoxy) is 3. The Morgan fingerprint density at radius 1 is 1.33 bits per heavy atom. The Balaban J connectivity index is 2.41. The van der Waals surface area contributed by atoms with Crippen LogP contribution in [0.4, 0.5) is 5.69 Å². The van der Waals surface area contributed by atoms with Gasteiger partial charge in [-0.15, -0.1) is 0 Å². The summed E-state index contributed by atoms with van der Waals surface area (Å²) in [6.07, 6.45) is 0. The first kappa shape index (κ1) is 14.2. The monoisotopic (exact) mass is 256 g/mol. The first-order valence-electron chi connectivity index (χ1n) is 5.34. The largest absolute Gasteiger partial charge is 0.477 e. The van der Waals surface area contributed by atoms with Crippen molar-refractivity contribution in [3.05, 3.63) is 17.8 Å². The van der Waals surface area contributed by atoms with Gasteiger partial charge in [-0.1, -0.05) is 0 Å². The summed E-state index contributed by atoms with van der Waals surface area (Å²) in [6.45, 7) is 1.57. The molecule has 0 aromatic carbocycles. The number of methoxy groups -OCH3 is 1. The van der Waals surface area contributed by atoms with Gasteiger partial charge < -0.3 is 25.1 Å². The van der Waals surface area contributed by atoms with E-state index in [0.717, 1.165) is 0 Å². The number of carboxylic acid groups (broad SMARTS) is 1. The van der Waals surface area contributed by atoms with Crippen LogP contribution in [0.3, 0.4) is 0 Å². The number of carboxylic acids is 1. The van der Waals surface area contributed by atoms with Crippen LogP contribution in [-0.4, -0.2) is 49.6 Å². The average Bonchev–Trinajstić information content (AvgIpc) is 2.35. The summed E-state index contributed by atoms with van der Waals surface area (Å²) < 4.78 is 15.2. The van der Waals surface area contributed by atoms with Crippen molar-refractivity contribution in [2.75, 3.05) is 39.3 Å². The third kappa shape index (κ3) is 4.56. The smallest absolute Gasteiger partial charge is 0.354 e. The Morgan fingerprint density at radius 3 is 2.72 bits per heavy atom. The molecule has 0 aliphatic rings. The van der Waals surface area contributed by atoms with E-state index in [9.17, 15) is 4.79 Å². The molecule has 3 N–H and O–H groups in total. The highest BCUT2D eigenvalue weighted by Crippen LogP contribution is 2.18. The van der Waals surface area contributed by atoms with Crippen molar-refractivity contribution >= 4 is 11.7 Å². The quantitative estimate of drug-likeness (QED) is 0.649. The number of anilines is 1. The molecule has 0 aliphatic heterocycles. The highest BCUT2D eigenvalue weighted by atomic mass is 16.5. The van der Waals surface area contributed by atoms with E-state index >= 15 is 0 Å². The van der Waals surface area contributed by atoms with Gasteiger partial charge in [0.25, 0.3) is 0 Å². The molecule has 1 heterocycles. The molecule has 7 nitrogen and oxygen atoms in total. The fourth-order valence-electron chi connectivity index (χ4n) is 1.13. The maximum Gasteiger partial charge on any atom is 0.354 e. The Kier molecular flexibility index (Phi) is 5.89. The van der Waals surface area contributed by atoms with E-state index in [4.69, 9.17) is 25.1 Å². The molecule has 0 radical (unpaired) electrons. The molecule has 7 heteroatoms. The van der Waals surface area contributed by atoms with Gasteiger partial charge in [-0.2, -0.15) is 0 Å².